The lowest BCUT2D eigenvalue weighted by Gasteiger charge is -2.31. The molecule has 7 nitrogen and oxygen atoms in total. The van der Waals surface area contributed by atoms with E-state index < -0.39 is 11.8 Å². The summed E-state index contributed by atoms with van der Waals surface area (Å²) in [4.78, 5) is 27.2. The van der Waals surface area contributed by atoms with Gasteiger partial charge in [-0.3, -0.25) is 4.79 Å². The third-order valence-corrected chi connectivity index (χ3v) is 8.50. The molecule has 3 fully saturated rings. The van der Waals surface area contributed by atoms with Crippen LogP contribution in [0.15, 0.2) is 42.6 Å². The molecule has 1 saturated heterocycles. The summed E-state index contributed by atoms with van der Waals surface area (Å²) in [6.45, 7) is 4.37. The Balaban J connectivity index is 1.16. The minimum absolute atomic E-state index is 0.126. The molecule has 0 spiro atoms. The number of esters is 1. The Kier molecular flexibility index (Phi) is 7.36. The van der Waals surface area contributed by atoms with E-state index in [1.807, 2.05) is 20.0 Å². The Hall–Kier alpha value is -2.94. The van der Waals surface area contributed by atoms with E-state index >= 15 is 4.39 Å². The number of amides is 1. The van der Waals surface area contributed by atoms with Crippen LogP contribution in [0.2, 0.25) is 10.0 Å². The molecule has 3 aliphatic rings. The summed E-state index contributed by atoms with van der Waals surface area (Å²) in [7, 11) is 0. The summed E-state index contributed by atoms with van der Waals surface area (Å²) < 4.78 is 28.5. The normalized spacial score (nSPS) is 22.0. The average molecular weight is 586 g/mol. The number of benzene rings is 2. The van der Waals surface area contributed by atoms with Gasteiger partial charge in [0.15, 0.2) is 0 Å². The Bertz CT molecular complexity index is 1450. The van der Waals surface area contributed by atoms with E-state index in [1.165, 1.54) is 17.0 Å². The lowest BCUT2D eigenvalue weighted by atomic mass is 10.0. The SMILES string of the molecule is CC(C)COC(=O)c1ccc(N2C(=O)[C@@H]3C[C@H]2C[C@H]3OCc2c(C3CC3)cnn2-c2c(Cl)cccc2Cl)c(F)c1. The van der Waals surface area contributed by atoms with Crippen molar-refractivity contribution in [2.45, 2.75) is 64.2 Å². The van der Waals surface area contributed by atoms with E-state index in [2.05, 4.69) is 5.10 Å². The maximum absolute atomic E-state index is 15.1. The zero-order valence-electron chi connectivity index (χ0n) is 22.3. The zero-order valence-corrected chi connectivity index (χ0v) is 23.8. The van der Waals surface area contributed by atoms with Crippen molar-refractivity contribution in [1.29, 1.82) is 0 Å². The number of ether oxygens (including phenoxy) is 2. The summed E-state index contributed by atoms with van der Waals surface area (Å²) in [5.41, 5.74) is 2.91. The molecular formula is C30H30Cl2FN3O4. The van der Waals surface area contributed by atoms with Gasteiger partial charge in [0.2, 0.25) is 5.91 Å². The molecule has 40 heavy (non-hydrogen) atoms. The van der Waals surface area contributed by atoms with Crippen LogP contribution in [0, 0.1) is 17.7 Å². The van der Waals surface area contributed by atoms with Crippen molar-refractivity contribution in [2.75, 3.05) is 11.5 Å². The molecule has 210 valence electrons. The highest BCUT2D eigenvalue weighted by molar-refractivity contribution is 6.37. The Morgan fingerprint density at radius 3 is 2.55 bits per heavy atom. The van der Waals surface area contributed by atoms with E-state index in [0.29, 0.717) is 34.5 Å². The summed E-state index contributed by atoms with van der Waals surface area (Å²) in [5, 5.41) is 5.58. The van der Waals surface area contributed by atoms with Gasteiger partial charge >= 0.3 is 5.97 Å². The fourth-order valence-electron chi connectivity index (χ4n) is 5.79. The minimum atomic E-state index is -0.619. The predicted octanol–water partition coefficient (Wildman–Crippen LogP) is 6.72. The van der Waals surface area contributed by atoms with E-state index in [9.17, 15) is 9.59 Å². The largest absolute Gasteiger partial charge is 0.462 e. The maximum Gasteiger partial charge on any atom is 0.338 e. The molecule has 2 aliphatic carbocycles. The van der Waals surface area contributed by atoms with Crippen LogP contribution in [0.25, 0.3) is 5.69 Å². The topological polar surface area (TPSA) is 73.7 Å². The van der Waals surface area contributed by atoms with E-state index in [4.69, 9.17) is 32.7 Å². The summed E-state index contributed by atoms with van der Waals surface area (Å²) >= 11 is 13.0. The summed E-state index contributed by atoms with van der Waals surface area (Å²) in [6, 6.07) is 9.30. The Labute approximate surface area is 242 Å². The number of halogens is 3. The molecule has 1 aliphatic heterocycles. The van der Waals surface area contributed by atoms with Gasteiger partial charge in [-0.15, -0.1) is 0 Å². The fraction of sp³-hybridized carbons (Fsp3) is 0.433. The number of fused-ring (bicyclic) bond motifs is 2. The van der Waals surface area contributed by atoms with Crippen molar-refractivity contribution in [3.05, 3.63) is 75.3 Å². The standard InChI is InChI=1S/C30H30Cl2FN3O4/c1-16(2)14-40-30(38)18-8-9-25(24(33)10-18)35-19-11-20(29(35)37)27(12-19)39-15-26-21(17-6-7-17)13-34-36(26)28-22(31)4-3-5-23(28)32/h3-5,8-10,13,16-17,19-20,27H,6-7,11-12,14-15H2,1-2H3/t19-,20+,27+/m0/s1. The summed E-state index contributed by atoms with van der Waals surface area (Å²) in [5.74, 6) is -1.13. The highest BCUT2D eigenvalue weighted by Gasteiger charge is 2.52. The highest BCUT2D eigenvalue weighted by atomic mass is 35.5. The van der Waals surface area contributed by atoms with Crippen molar-refractivity contribution >= 4 is 40.8 Å². The van der Waals surface area contributed by atoms with Crippen LogP contribution in [0.5, 0.6) is 0 Å². The Morgan fingerprint density at radius 2 is 1.90 bits per heavy atom. The number of aromatic nitrogens is 2. The van der Waals surface area contributed by atoms with E-state index in [0.717, 1.165) is 30.2 Å². The second kappa shape index (κ2) is 10.8. The number of hydrogen-bond donors (Lipinski definition) is 0. The molecule has 2 saturated carbocycles. The third kappa shape index (κ3) is 5.01. The van der Waals surface area contributed by atoms with Crippen LogP contribution >= 0.6 is 23.2 Å². The van der Waals surface area contributed by atoms with Gasteiger partial charge in [-0.1, -0.05) is 43.1 Å². The van der Waals surface area contributed by atoms with Gasteiger partial charge in [0.1, 0.15) is 11.5 Å². The lowest BCUT2D eigenvalue weighted by Crippen LogP contribution is -2.43. The van der Waals surface area contributed by atoms with E-state index in [-0.39, 0.29) is 54.4 Å². The first-order valence-corrected chi connectivity index (χ1v) is 14.4. The van der Waals surface area contributed by atoms with Gasteiger partial charge in [-0.05, 0) is 73.4 Å². The molecule has 0 N–H and O–H groups in total. The second-order valence-corrected chi connectivity index (χ2v) is 12.1. The number of para-hydroxylation sites is 1. The van der Waals surface area contributed by atoms with Crippen LogP contribution in [-0.4, -0.2) is 40.4 Å². The van der Waals surface area contributed by atoms with Crippen LogP contribution in [0.3, 0.4) is 0 Å². The molecule has 3 aromatic rings. The van der Waals surface area contributed by atoms with Crippen molar-refractivity contribution < 1.29 is 23.5 Å². The third-order valence-electron chi connectivity index (χ3n) is 7.89. The number of nitrogens with zero attached hydrogens (tertiary/aromatic N) is 3. The fourth-order valence-corrected chi connectivity index (χ4v) is 6.35. The molecule has 6 rings (SSSR count). The first kappa shape index (κ1) is 27.2. The smallest absolute Gasteiger partial charge is 0.338 e. The average Bonchev–Trinajstić information content (AvgIpc) is 3.43. The highest BCUT2D eigenvalue weighted by Crippen LogP contribution is 2.46. The van der Waals surface area contributed by atoms with Gasteiger partial charge in [0.05, 0.1) is 58.4 Å². The van der Waals surface area contributed by atoms with Gasteiger partial charge in [0.25, 0.3) is 0 Å². The lowest BCUT2D eigenvalue weighted by molar-refractivity contribution is -0.126. The van der Waals surface area contributed by atoms with Gasteiger partial charge in [0, 0.05) is 6.04 Å². The number of rotatable bonds is 9. The van der Waals surface area contributed by atoms with Gasteiger partial charge in [-0.25, -0.2) is 13.9 Å². The van der Waals surface area contributed by atoms with Gasteiger partial charge < -0.3 is 14.4 Å². The number of hydrogen-bond acceptors (Lipinski definition) is 5. The zero-order chi connectivity index (χ0) is 28.1. The molecule has 2 aromatic carbocycles. The second-order valence-electron chi connectivity index (χ2n) is 11.3. The molecule has 2 heterocycles. The van der Waals surface area contributed by atoms with Crippen molar-refractivity contribution in [1.82, 2.24) is 9.78 Å². The molecular weight excluding hydrogens is 556 g/mol. The molecule has 1 amide bonds. The molecule has 2 bridgehead atoms. The molecule has 10 heteroatoms. The Morgan fingerprint density at radius 1 is 1.15 bits per heavy atom. The van der Waals surface area contributed by atoms with Gasteiger partial charge in [-0.2, -0.15) is 5.10 Å². The first-order chi connectivity index (χ1) is 19.2. The van der Waals surface area contributed by atoms with Crippen molar-refractivity contribution in [3.8, 4) is 5.69 Å². The van der Waals surface area contributed by atoms with Crippen LogP contribution in [-0.2, 0) is 20.9 Å². The number of piperidine rings is 1. The first-order valence-electron chi connectivity index (χ1n) is 13.7. The van der Waals surface area contributed by atoms with Crippen molar-refractivity contribution in [3.63, 3.8) is 0 Å². The molecule has 1 aromatic heterocycles. The van der Waals surface area contributed by atoms with Crippen LogP contribution < -0.4 is 4.90 Å². The molecule has 0 unspecified atom stereocenters. The summed E-state index contributed by atoms with van der Waals surface area (Å²) in [6.07, 6.45) is 4.93. The van der Waals surface area contributed by atoms with Crippen molar-refractivity contribution in [2.24, 2.45) is 11.8 Å². The van der Waals surface area contributed by atoms with Crippen LogP contribution in [0.1, 0.15) is 67.1 Å². The number of anilines is 1. The van der Waals surface area contributed by atoms with Crippen LogP contribution in [0.4, 0.5) is 10.1 Å². The minimum Gasteiger partial charge on any atom is -0.462 e. The molecule has 3 atom stereocenters. The van der Waals surface area contributed by atoms with E-state index in [1.54, 1.807) is 22.9 Å². The quantitative estimate of drug-likeness (QED) is 0.261. The molecule has 0 radical (unpaired) electrons. The predicted molar refractivity (Wildman–Crippen MR) is 150 cm³/mol. The maximum atomic E-state index is 15.1. The monoisotopic (exact) mass is 585 g/mol. The number of carbonyl (C=O) groups excluding carboxylic acids is 2. The number of carbonyl (C=O) groups is 2.